The number of rotatable bonds is 32. The lowest BCUT2D eigenvalue weighted by molar-refractivity contribution is -0.180. The number of hydrogen-bond donors (Lipinski definition) is 1. The number of unbranched alkanes of at least 4 members (excludes halogenated alkanes) is 17. The van der Waals surface area contributed by atoms with E-state index >= 15 is 0 Å². The molecule has 0 radical (unpaired) electrons. The van der Waals surface area contributed by atoms with Crippen molar-refractivity contribution in [2.45, 2.75) is 179 Å². The number of ether oxygens (including phenoxy) is 4. The predicted octanol–water partition coefficient (Wildman–Crippen LogP) is 13.5. The summed E-state index contributed by atoms with van der Waals surface area (Å²) in [6, 6.07) is 19.5. The van der Waals surface area contributed by atoms with E-state index in [1.165, 1.54) is 110 Å². The van der Waals surface area contributed by atoms with Crippen LogP contribution >= 0.6 is 19.4 Å². The average Bonchev–Trinajstić information content (AvgIpc) is 3.89. The van der Waals surface area contributed by atoms with E-state index in [2.05, 4.69) is 23.1 Å². The van der Waals surface area contributed by atoms with Gasteiger partial charge in [0.05, 0.1) is 35.6 Å². The fraction of sp³-hybridized carbons (Fsp3) is 0.620. The van der Waals surface area contributed by atoms with E-state index in [4.69, 9.17) is 49.9 Å². The van der Waals surface area contributed by atoms with Crippen LogP contribution in [0.5, 0.6) is 11.5 Å². The number of nitriles is 1. The molecular formula is C50H73ClN5O8P. The van der Waals surface area contributed by atoms with Crippen LogP contribution in [0.4, 0.5) is 5.82 Å². The van der Waals surface area contributed by atoms with Gasteiger partial charge in [0.15, 0.2) is 11.6 Å². The highest BCUT2D eigenvalue weighted by Gasteiger charge is 2.54. The highest BCUT2D eigenvalue weighted by molar-refractivity contribution is 7.49. The van der Waals surface area contributed by atoms with Crippen LogP contribution in [0.15, 0.2) is 67.0 Å². The topological polar surface area (TPSA) is 162 Å². The summed E-state index contributed by atoms with van der Waals surface area (Å²) in [5.74, 6) is -0.0949. The first-order valence-corrected chi connectivity index (χ1v) is 25.7. The van der Waals surface area contributed by atoms with Gasteiger partial charge in [0.1, 0.15) is 47.3 Å². The molecule has 65 heavy (non-hydrogen) atoms. The van der Waals surface area contributed by atoms with Crippen LogP contribution < -0.4 is 15.0 Å². The Morgan fingerprint density at radius 1 is 0.877 bits per heavy atom. The Hall–Kier alpha value is -3.73. The van der Waals surface area contributed by atoms with Crippen LogP contribution in [0.2, 0.25) is 5.02 Å². The highest BCUT2D eigenvalue weighted by atomic mass is 35.5. The molecular weight excluding hydrogens is 865 g/mol. The van der Waals surface area contributed by atoms with Crippen molar-refractivity contribution in [1.29, 1.82) is 5.26 Å². The lowest BCUT2D eigenvalue weighted by Crippen LogP contribution is -2.48. The van der Waals surface area contributed by atoms with Crippen molar-refractivity contribution >= 4 is 30.8 Å². The zero-order chi connectivity index (χ0) is 46.5. The second kappa shape index (κ2) is 26.6. The Bertz CT molecular complexity index is 2110. The van der Waals surface area contributed by atoms with E-state index in [0.29, 0.717) is 34.8 Å². The van der Waals surface area contributed by atoms with Gasteiger partial charge in [-0.3, -0.25) is 9.05 Å². The van der Waals surface area contributed by atoms with Crippen LogP contribution in [0, 0.1) is 11.3 Å². The summed E-state index contributed by atoms with van der Waals surface area (Å²) < 4.78 is 60.4. The Morgan fingerprint density at radius 2 is 1.51 bits per heavy atom. The number of methoxy groups -OCH3 is 1. The minimum atomic E-state index is -4.46. The molecule has 2 aromatic heterocycles. The minimum absolute atomic E-state index is 0.121. The fourth-order valence-corrected chi connectivity index (χ4v) is 9.83. The van der Waals surface area contributed by atoms with Crippen LogP contribution in [0.25, 0.3) is 5.52 Å². The zero-order valence-electron chi connectivity index (χ0n) is 39.4. The van der Waals surface area contributed by atoms with Gasteiger partial charge in [-0.2, -0.15) is 10.4 Å². The van der Waals surface area contributed by atoms with E-state index < -0.39 is 37.5 Å². The summed E-state index contributed by atoms with van der Waals surface area (Å²) in [6.07, 6.45) is 23.1. The lowest BCUT2D eigenvalue weighted by Gasteiger charge is -2.36. The third kappa shape index (κ3) is 16.5. The molecule has 0 amide bonds. The quantitative estimate of drug-likeness (QED) is 0.0365. The van der Waals surface area contributed by atoms with Crippen molar-refractivity contribution in [1.82, 2.24) is 14.6 Å². The van der Waals surface area contributed by atoms with Gasteiger partial charge in [-0.15, -0.1) is 0 Å². The molecule has 15 heteroatoms. The SMILES string of the molecule is CCCCCCCCCCCCCCCCCCCC[C@H](COP(=O)(OC[C@@](C)(OC)[C@H]1OC(C)(C)O[C@H]1c1ccc2c(N)ncnn12)Oc1ccccc1Cl)Oc1cccc(C#N)c1. The molecule has 13 nitrogen and oxygen atoms in total. The molecule has 1 saturated heterocycles. The van der Waals surface area contributed by atoms with Crippen LogP contribution in [-0.2, 0) is 27.8 Å². The molecule has 1 unspecified atom stereocenters. The van der Waals surface area contributed by atoms with Crippen LogP contribution in [0.1, 0.15) is 167 Å². The number of para-hydroxylation sites is 1. The van der Waals surface area contributed by atoms with E-state index in [9.17, 15) is 9.83 Å². The normalized spacial score (nSPS) is 18.2. The molecule has 0 saturated carbocycles. The van der Waals surface area contributed by atoms with Gasteiger partial charge in [0.25, 0.3) is 0 Å². The maximum Gasteiger partial charge on any atom is 0.530 e. The molecule has 5 rings (SSSR count). The number of fused-ring (bicyclic) bond motifs is 1. The van der Waals surface area contributed by atoms with E-state index in [-0.39, 0.29) is 24.0 Å². The number of nitrogens with zero attached hydrogens (tertiary/aromatic N) is 4. The van der Waals surface area contributed by atoms with Crippen molar-refractivity contribution in [3.8, 4) is 17.6 Å². The molecule has 1 fully saturated rings. The highest BCUT2D eigenvalue weighted by Crippen LogP contribution is 2.53. The number of halogens is 1. The summed E-state index contributed by atoms with van der Waals surface area (Å²) in [5.41, 5.74) is 6.61. The molecule has 5 atom stereocenters. The number of phosphoric ester groups is 1. The summed E-state index contributed by atoms with van der Waals surface area (Å²) in [6.45, 7) is 7.21. The van der Waals surface area contributed by atoms with E-state index in [1.54, 1.807) is 73.8 Å². The monoisotopic (exact) mass is 937 g/mol. The molecule has 1 aliphatic rings. The van der Waals surface area contributed by atoms with E-state index in [1.807, 2.05) is 12.1 Å². The van der Waals surface area contributed by atoms with Crippen molar-refractivity contribution in [2.75, 3.05) is 26.1 Å². The number of benzene rings is 2. The lowest BCUT2D eigenvalue weighted by atomic mass is 9.93. The Kier molecular flexibility index (Phi) is 21.4. The van der Waals surface area contributed by atoms with Crippen molar-refractivity contribution in [3.63, 3.8) is 0 Å². The van der Waals surface area contributed by atoms with E-state index in [0.717, 1.165) is 19.3 Å². The van der Waals surface area contributed by atoms with Gasteiger partial charge in [0.2, 0.25) is 0 Å². The summed E-state index contributed by atoms with van der Waals surface area (Å²) >= 11 is 6.51. The second-order valence-electron chi connectivity index (χ2n) is 17.9. The third-order valence-corrected chi connectivity index (χ3v) is 13.7. The van der Waals surface area contributed by atoms with Gasteiger partial charge in [-0.1, -0.05) is 146 Å². The third-order valence-electron chi connectivity index (χ3n) is 12.1. The maximum absolute atomic E-state index is 14.9. The number of aromatic nitrogens is 3. The number of nitrogen functional groups attached to an aromatic ring is 1. The number of phosphoric acid groups is 1. The Labute approximate surface area is 392 Å². The summed E-state index contributed by atoms with van der Waals surface area (Å²) in [5, 5.41) is 14.2. The number of anilines is 1. The van der Waals surface area contributed by atoms with Gasteiger partial charge in [-0.25, -0.2) is 14.1 Å². The van der Waals surface area contributed by atoms with Gasteiger partial charge < -0.3 is 29.2 Å². The van der Waals surface area contributed by atoms with Gasteiger partial charge in [-0.05, 0) is 76.1 Å². The molecule has 2 aromatic carbocycles. The summed E-state index contributed by atoms with van der Waals surface area (Å²) in [4.78, 5) is 4.11. The first kappa shape index (κ1) is 52.2. The summed E-state index contributed by atoms with van der Waals surface area (Å²) in [7, 11) is -2.95. The molecule has 4 aromatic rings. The molecule has 0 bridgehead atoms. The van der Waals surface area contributed by atoms with Crippen molar-refractivity contribution < 1.29 is 37.1 Å². The fourth-order valence-electron chi connectivity index (χ4n) is 8.26. The zero-order valence-corrected chi connectivity index (χ0v) is 41.0. The maximum atomic E-state index is 14.9. The number of nitrogens with two attached hydrogens (primary N) is 1. The average molecular weight is 939 g/mol. The second-order valence-corrected chi connectivity index (χ2v) is 19.9. The Morgan fingerprint density at radius 3 is 2.12 bits per heavy atom. The number of hydrogen-bond acceptors (Lipinski definition) is 12. The van der Waals surface area contributed by atoms with Crippen LogP contribution in [0.3, 0.4) is 0 Å². The Balaban J connectivity index is 1.19. The predicted molar refractivity (Wildman–Crippen MR) is 256 cm³/mol. The molecule has 0 spiro atoms. The first-order chi connectivity index (χ1) is 31.4. The van der Waals surface area contributed by atoms with Crippen molar-refractivity contribution in [3.05, 3.63) is 83.3 Å². The molecule has 0 aliphatic carbocycles. The smallest absolute Gasteiger partial charge is 0.488 e. The van der Waals surface area contributed by atoms with Gasteiger partial charge in [0, 0.05) is 7.11 Å². The molecule has 358 valence electrons. The largest absolute Gasteiger partial charge is 0.530 e. The first-order valence-electron chi connectivity index (χ1n) is 23.9. The minimum Gasteiger partial charge on any atom is -0.488 e. The molecule has 2 N–H and O–H groups in total. The molecule has 1 aliphatic heterocycles. The standard InChI is InChI=1S/C50H73ClN5O8P/c1-6-7-8-9-10-11-12-13-14-15-16-17-18-19-20-21-22-23-28-41(61-40-29-26-27-39(34-40)35-52)36-59-65(57,64-45-31-25-24-30-42(45)51)60-37-50(4,58-5)47-46(62-49(2,3)63-47)43-32-33-44-48(53)54-38-55-56(43)44/h24-27,29-34,38,41,46-47H,6-23,28,36-37H2,1-5H3,(H2,53,54,55)/t41-,46+,47+,50-,65?/m1/s1. The van der Waals surface area contributed by atoms with Gasteiger partial charge >= 0.3 is 7.82 Å². The van der Waals surface area contributed by atoms with Crippen molar-refractivity contribution in [2.24, 2.45) is 0 Å². The van der Waals surface area contributed by atoms with Crippen LogP contribution in [-0.4, -0.2) is 58.5 Å². The molecule has 3 heterocycles.